The van der Waals surface area contributed by atoms with Crippen LogP contribution in [0.3, 0.4) is 0 Å². The van der Waals surface area contributed by atoms with Crippen LogP contribution in [-0.4, -0.2) is 70.5 Å². The molecule has 260 valence electrons. The molecule has 0 atom stereocenters. The van der Waals surface area contributed by atoms with Crippen molar-refractivity contribution in [3.63, 3.8) is 0 Å². The molecule has 3 heterocycles. The van der Waals surface area contributed by atoms with Gasteiger partial charge in [-0.25, -0.2) is 14.4 Å². The number of piperidine rings is 1. The fourth-order valence-electron chi connectivity index (χ4n) is 4.80. The Kier molecular flexibility index (Phi) is 11.9. The van der Waals surface area contributed by atoms with Gasteiger partial charge in [-0.1, -0.05) is 32.4 Å². The normalized spacial score (nSPS) is 14.9. The summed E-state index contributed by atoms with van der Waals surface area (Å²) in [5.74, 6) is -0.228. The molecule has 11 nitrogen and oxygen atoms in total. The molecule has 1 aliphatic heterocycles. The Labute approximate surface area is 288 Å². The number of halogens is 2. The molecule has 1 saturated heterocycles. The summed E-state index contributed by atoms with van der Waals surface area (Å²) >= 11 is 6.15. The topological polar surface area (TPSA) is 131 Å². The lowest BCUT2D eigenvalue weighted by Crippen LogP contribution is -2.40. The molecule has 0 bridgehead atoms. The predicted octanol–water partition coefficient (Wildman–Crippen LogP) is 7.37. The highest BCUT2D eigenvalue weighted by Gasteiger charge is 2.37. The summed E-state index contributed by atoms with van der Waals surface area (Å²) in [6, 6.07) is 7.55. The van der Waals surface area contributed by atoms with E-state index in [2.05, 4.69) is 69.6 Å². The molecule has 2 N–H and O–H groups in total. The zero-order valence-corrected chi connectivity index (χ0v) is 30.9. The highest BCUT2D eigenvalue weighted by molar-refractivity contribution is 6.74. The van der Waals surface area contributed by atoms with Crippen LogP contribution in [0.4, 0.5) is 21.7 Å². The Morgan fingerprint density at radius 2 is 1.71 bits per heavy atom. The van der Waals surface area contributed by atoms with Gasteiger partial charge in [0.2, 0.25) is 5.91 Å². The SMILES string of the molecule is CC(C)(C)OC(=O)C1CCN(CCC(=O)Nc2cc(Nc3cc(-c4cc(Cl)ccc4F)nnc3CO[Si](C)(C)C(C)(C)C)ncn2)CC1. The molecule has 1 aliphatic rings. The summed E-state index contributed by atoms with van der Waals surface area (Å²) < 4.78 is 26.7. The number of hydrogen-bond acceptors (Lipinski definition) is 10. The number of aromatic nitrogens is 4. The number of hydrogen-bond donors (Lipinski definition) is 2. The number of nitrogens with zero attached hydrogens (tertiary/aromatic N) is 5. The lowest BCUT2D eigenvalue weighted by molar-refractivity contribution is -0.161. The van der Waals surface area contributed by atoms with Crippen molar-refractivity contribution in [3.8, 4) is 11.3 Å². The standard InChI is InChI=1S/C34H47ClFN7O4Si/c1-33(2,3)47-32(45)22-11-14-43(15-12-22)16-13-31(44)40-30-19-29(37-21-38-30)39-27-18-26(24-17-23(35)9-10-25(24)36)41-42-28(27)20-46-48(7,8)34(4,5)6/h9-10,17-19,21-22H,11-16,20H2,1-8H3,(H2,37,38,39,40,41,44). The summed E-state index contributed by atoms with van der Waals surface area (Å²) in [4.78, 5) is 36.0. The van der Waals surface area contributed by atoms with Crippen LogP contribution in [0.1, 0.15) is 66.5 Å². The number of carbonyl (C=O) groups is 2. The molecular weight excluding hydrogens is 653 g/mol. The van der Waals surface area contributed by atoms with Crippen LogP contribution < -0.4 is 10.6 Å². The number of ether oxygens (including phenoxy) is 1. The van der Waals surface area contributed by atoms with E-state index < -0.39 is 19.7 Å². The number of nitrogens with one attached hydrogen (secondary N) is 2. The monoisotopic (exact) mass is 699 g/mol. The van der Waals surface area contributed by atoms with Gasteiger partial charge in [0.05, 0.1) is 23.9 Å². The van der Waals surface area contributed by atoms with Crippen LogP contribution >= 0.6 is 11.6 Å². The van der Waals surface area contributed by atoms with Crippen molar-refractivity contribution < 1.29 is 23.1 Å². The first-order valence-electron chi connectivity index (χ1n) is 16.2. The average molecular weight is 700 g/mol. The Hall–Kier alpha value is -3.52. The van der Waals surface area contributed by atoms with Crippen molar-refractivity contribution in [2.75, 3.05) is 30.3 Å². The zero-order valence-electron chi connectivity index (χ0n) is 29.1. The largest absolute Gasteiger partial charge is 0.460 e. The smallest absolute Gasteiger partial charge is 0.309 e. The van der Waals surface area contributed by atoms with Gasteiger partial charge in [-0.15, -0.1) is 5.10 Å². The maximum atomic E-state index is 14.8. The lowest BCUT2D eigenvalue weighted by atomic mass is 9.96. The van der Waals surface area contributed by atoms with Crippen LogP contribution in [0.5, 0.6) is 0 Å². The minimum atomic E-state index is -2.13. The molecule has 14 heteroatoms. The van der Waals surface area contributed by atoms with E-state index in [4.69, 9.17) is 20.8 Å². The average Bonchev–Trinajstić information content (AvgIpc) is 2.99. The molecule has 0 saturated carbocycles. The Morgan fingerprint density at radius 3 is 2.38 bits per heavy atom. The predicted molar refractivity (Wildman–Crippen MR) is 188 cm³/mol. The fraction of sp³-hybridized carbons (Fsp3) is 0.529. The molecule has 2 aromatic heterocycles. The molecule has 0 radical (unpaired) electrons. The van der Waals surface area contributed by atoms with Gasteiger partial charge < -0.3 is 24.7 Å². The zero-order chi connectivity index (χ0) is 35.3. The maximum Gasteiger partial charge on any atom is 0.309 e. The van der Waals surface area contributed by atoms with Gasteiger partial charge in [0.15, 0.2) is 8.32 Å². The first-order valence-corrected chi connectivity index (χ1v) is 19.5. The summed E-state index contributed by atoms with van der Waals surface area (Å²) in [6.07, 6.45) is 3.02. The number of anilines is 3. The van der Waals surface area contributed by atoms with E-state index in [0.717, 1.165) is 13.1 Å². The first-order chi connectivity index (χ1) is 22.4. The molecule has 48 heavy (non-hydrogen) atoms. The molecule has 0 spiro atoms. The van der Waals surface area contributed by atoms with Crippen LogP contribution in [0.2, 0.25) is 23.2 Å². The molecular formula is C34H47ClFN7O4Si. The van der Waals surface area contributed by atoms with E-state index in [1.165, 1.54) is 24.5 Å². The van der Waals surface area contributed by atoms with E-state index in [0.29, 0.717) is 47.4 Å². The first kappa shape index (κ1) is 37.3. The van der Waals surface area contributed by atoms with Gasteiger partial charge in [-0.2, -0.15) is 5.10 Å². The minimum Gasteiger partial charge on any atom is -0.460 e. The maximum absolute atomic E-state index is 14.8. The molecule has 3 aromatic rings. The number of amides is 1. The van der Waals surface area contributed by atoms with Crippen LogP contribution in [0.15, 0.2) is 36.7 Å². The Balaban J connectivity index is 1.42. The van der Waals surface area contributed by atoms with Gasteiger partial charge in [0.25, 0.3) is 0 Å². The summed E-state index contributed by atoms with van der Waals surface area (Å²) in [5, 5.41) is 15.1. The second-order valence-corrected chi connectivity index (χ2v) is 19.9. The van der Waals surface area contributed by atoms with Gasteiger partial charge in [0, 0.05) is 29.6 Å². The third-order valence-corrected chi connectivity index (χ3v) is 13.3. The van der Waals surface area contributed by atoms with Gasteiger partial charge in [0.1, 0.15) is 35.1 Å². The van der Waals surface area contributed by atoms with Crippen LogP contribution in [-0.2, 0) is 25.4 Å². The van der Waals surface area contributed by atoms with Gasteiger partial charge >= 0.3 is 5.97 Å². The van der Waals surface area contributed by atoms with E-state index in [9.17, 15) is 14.0 Å². The van der Waals surface area contributed by atoms with Gasteiger partial charge in [-0.3, -0.25) is 9.59 Å². The lowest BCUT2D eigenvalue weighted by Gasteiger charge is -2.36. The van der Waals surface area contributed by atoms with E-state index >= 15 is 0 Å². The number of benzene rings is 1. The van der Waals surface area contributed by atoms with Crippen molar-refractivity contribution in [3.05, 3.63) is 53.2 Å². The third kappa shape index (κ3) is 10.5. The second kappa shape index (κ2) is 15.4. The molecule has 4 rings (SSSR count). The minimum absolute atomic E-state index is 0.0197. The summed E-state index contributed by atoms with van der Waals surface area (Å²) in [6.45, 7) is 18.6. The Bertz CT molecular complexity index is 1610. The molecule has 1 amide bonds. The van der Waals surface area contributed by atoms with E-state index in [1.807, 2.05) is 20.8 Å². The van der Waals surface area contributed by atoms with Gasteiger partial charge in [-0.05, 0) is 89.1 Å². The van der Waals surface area contributed by atoms with Crippen LogP contribution in [0.25, 0.3) is 11.3 Å². The van der Waals surface area contributed by atoms with Crippen molar-refractivity contribution in [2.24, 2.45) is 5.92 Å². The van der Waals surface area contributed by atoms with Crippen molar-refractivity contribution in [2.45, 2.75) is 91.1 Å². The summed E-state index contributed by atoms with van der Waals surface area (Å²) in [7, 11) is -2.13. The Morgan fingerprint density at radius 1 is 1.02 bits per heavy atom. The van der Waals surface area contributed by atoms with E-state index in [-0.39, 0.29) is 47.1 Å². The highest BCUT2D eigenvalue weighted by Crippen LogP contribution is 2.38. The van der Waals surface area contributed by atoms with Crippen molar-refractivity contribution in [1.29, 1.82) is 0 Å². The molecule has 0 aliphatic carbocycles. The van der Waals surface area contributed by atoms with Crippen LogP contribution in [0, 0.1) is 11.7 Å². The fourth-order valence-corrected chi connectivity index (χ4v) is 5.90. The molecule has 1 aromatic carbocycles. The number of esters is 1. The quantitative estimate of drug-likeness (QED) is 0.154. The summed E-state index contributed by atoms with van der Waals surface area (Å²) in [5.41, 5.74) is 1.03. The number of likely N-dealkylation sites (tertiary alicyclic amines) is 1. The molecule has 1 fully saturated rings. The highest BCUT2D eigenvalue weighted by atomic mass is 35.5. The third-order valence-electron chi connectivity index (χ3n) is 8.63. The molecule has 0 unspecified atom stereocenters. The second-order valence-electron chi connectivity index (χ2n) is 14.6. The van der Waals surface area contributed by atoms with Crippen molar-refractivity contribution >= 4 is 49.1 Å². The van der Waals surface area contributed by atoms with E-state index in [1.54, 1.807) is 12.1 Å². The number of rotatable bonds is 11. The van der Waals surface area contributed by atoms with Crippen molar-refractivity contribution in [1.82, 2.24) is 25.1 Å². The number of carbonyl (C=O) groups excluding carboxylic acids is 2.